The van der Waals surface area contributed by atoms with Crippen LogP contribution in [-0.2, 0) is 10.0 Å². The fourth-order valence-corrected chi connectivity index (χ4v) is 3.44. The number of carbonyl (C=O) groups is 2. The Kier molecular flexibility index (Phi) is 7.93. The van der Waals surface area contributed by atoms with E-state index in [1.54, 1.807) is 12.1 Å². The number of hydrogen-bond donors (Lipinski definition) is 4. The maximum atomic E-state index is 12.2. The molecule has 0 fully saturated rings. The second-order valence-corrected chi connectivity index (χ2v) is 7.85. The van der Waals surface area contributed by atoms with Gasteiger partial charge >= 0.3 is 0 Å². The number of amides is 2. The van der Waals surface area contributed by atoms with E-state index in [0.29, 0.717) is 25.1 Å². The van der Waals surface area contributed by atoms with Crippen molar-refractivity contribution in [2.75, 3.05) is 19.6 Å². The largest absolute Gasteiger partial charge is 0.508 e. The summed E-state index contributed by atoms with van der Waals surface area (Å²) in [6, 6.07) is 11.7. The minimum absolute atomic E-state index is 0.00819. The summed E-state index contributed by atoms with van der Waals surface area (Å²) < 4.78 is 26.6. The highest BCUT2D eigenvalue weighted by atomic mass is 32.2. The first-order valence-electron chi connectivity index (χ1n) is 8.89. The van der Waals surface area contributed by atoms with Crippen LogP contribution >= 0.6 is 0 Å². The van der Waals surface area contributed by atoms with Crippen LogP contribution in [0.3, 0.4) is 0 Å². The van der Waals surface area contributed by atoms with Crippen LogP contribution in [0.5, 0.6) is 5.75 Å². The van der Waals surface area contributed by atoms with Crippen molar-refractivity contribution in [3.05, 3.63) is 72.3 Å². The molecule has 2 aromatic rings. The van der Waals surface area contributed by atoms with Crippen molar-refractivity contribution in [2.24, 2.45) is 0 Å². The molecule has 0 bridgehead atoms. The Hall–Kier alpha value is -3.17. The van der Waals surface area contributed by atoms with Crippen molar-refractivity contribution in [2.45, 2.75) is 11.3 Å². The molecule has 0 aromatic heterocycles. The van der Waals surface area contributed by atoms with Crippen molar-refractivity contribution < 1.29 is 23.1 Å². The third-order valence-corrected chi connectivity index (χ3v) is 5.28. The molecule has 0 saturated carbocycles. The molecular formula is C20H23N3O5S. The SMILES string of the molecule is C=CCNS(=O)(=O)c1cccc(C(=O)NCCCNC(=O)c2cccc(O)c2)c1. The number of carbonyl (C=O) groups excluding carboxylic acids is 2. The molecule has 0 radical (unpaired) electrons. The highest BCUT2D eigenvalue weighted by Crippen LogP contribution is 2.12. The second kappa shape index (κ2) is 10.4. The molecule has 0 aliphatic heterocycles. The zero-order valence-electron chi connectivity index (χ0n) is 15.7. The Morgan fingerprint density at radius 2 is 1.55 bits per heavy atom. The molecule has 4 N–H and O–H groups in total. The third-order valence-electron chi connectivity index (χ3n) is 3.86. The van der Waals surface area contributed by atoms with E-state index in [1.807, 2.05) is 0 Å². The Bertz CT molecular complexity index is 989. The first kappa shape index (κ1) is 22.1. The summed E-state index contributed by atoms with van der Waals surface area (Å²) in [7, 11) is -3.71. The predicted molar refractivity (Wildman–Crippen MR) is 109 cm³/mol. The topological polar surface area (TPSA) is 125 Å². The summed E-state index contributed by atoms with van der Waals surface area (Å²) >= 11 is 0. The number of phenolic OH excluding ortho intramolecular Hbond substituents is 1. The Morgan fingerprint density at radius 1 is 0.966 bits per heavy atom. The van der Waals surface area contributed by atoms with Crippen LogP contribution in [0.4, 0.5) is 0 Å². The van der Waals surface area contributed by atoms with Gasteiger partial charge in [0.05, 0.1) is 4.90 Å². The average Bonchev–Trinajstić information content (AvgIpc) is 2.72. The molecule has 154 valence electrons. The molecule has 2 amide bonds. The highest BCUT2D eigenvalue weighted by molar-refractivity contribution is 7.89. The number of nitrogens with one attached hydrogen (secondary N) is 3. The standard InChI is InChI=1S/C20H23N3O5S/c1-2-10-23-29(27,28)18-9-4-7-16(14-18)20(26)22-12-5-11-21-19(25)15-6-3-8-17(24)13-15/h2-4,6-9,13-14,23-24H,1,5,10-12H2,(H,21,25)(H,22,26). The lowest BCUT2D eigenvalue weighted by molar-refractivity contribution is 0.0951. The van der Waals surface area contributed by atoms with Gasteiger partial charge in [0.2, 0.25) is 10.0 Å². The maximum Gasteiger partial charge on any atom is 0.251 e. The van der Waals surface area contributed by atoms with Gasteiger partial charge in [-0.05, 0) is 42.8 Å². The van der Waals surface area contributed by atoms with Crippen LogP contribution in [0.15, 0.2) is 66.1 Å². The van der Waals surface area contributed by atoms with Gasteiger partial charge in [-0.3, -0.25) is 9.59 Å². The molecule has 2 rings (SSSR count). The van der Waals surface area contributed by atoms with E-state index in [-0.39, 0.29) is 28.7 Å². The van der Waals surface area contributed by atoms with Crippen LogP contribution in [0, 0.1) is 0 Å². The lowest BCUT2D eigenvalue weighted by Crippen LogP contribution is -2.30. The molecule has 9 heteroatoms. The van der Waals surface area contributed by atoms with Crippen molar-refractivity contribution >= 4 is 21.8 Å². The molecule has 0 saturated heterocycles. The summed E-state index contributed by atoms with van der Waals surface area (Å²) in [5.74, 6) is -0.726. The maximum absolute atomic E-state index is 12.2. The number of benzene rings is 2. The number of rotatable bonds is 10. The van der Waals surface area contributed by atoms with Crippen LogP contribution < -0.4 is 15.4 Å². The molecule has 0 unspecified atom stereocenters. The van der Waals surface area contributed by atoms with E-state index in [4.69, 9.17) is 0 Å². The third kappa shape index (κ3) is 6.74. The van der Waals surface area contributed by atoms with Crippen LogP contribution in [0.2, 0.25) is 0 Å². The molecule has 29 heavy (non-hydrogen) atoms. The summed E-state index contributed by atoms with van der Waals surface area (Å²) in [4.78, 5) is 24.2. The normalized spacial score (nSPS) is 10.9. The first-order valence-corrected chi connectivity index (χ1v) is 10.4. The van der Waals surface area contributed by atoms with Crippen LogP contribution in [-0.4, -0.2) is 45.0 Å². The number of aromatic hydroxyl groups is 1. The van der Waals surface area contributed by atoms with E-state index >= 15 is 0 Å². The van der Waals surface area contributed by atoms with E-state index in [9.17, 15) is 23.1 Å². The van der Waals surface area contributed by atoms with Gasteiger partial charge in [-0.25, -0.2) is 13.1 Å². The minimum Gasteiger partial charge on any atom is -0.508 e. The quantitative estimate of drug-likeness (QED) is 0.344. The monoisotopic (exact) mass is 417 g/mol. The van der Waals surface area contributed by atoms with Gasteiger partial charge < -0.3 is 15.7 Å². The molecule has 8 nitrogen and oxygen atoms in total. The zero-order chi connectivity index (χ0) is 21.3. The highest BCUT2D eigenvalue weighted by Gasteiger charge is 2.15. The molecule has 0 atom stereocenters. The summed E-state index contributed by atoms with van der Waals surface area (Å²) in [5.41, 5.74) is 0.562. The summed E-state index contributed by atoms with van der Waals surface area (Å²) in [6.07, 6.45) is 1.91. The van der Waals surface area contributed by atoms with Gasteiger partial charge in [0.25, 0.3) is 11.8 Å². The Balaban J connectivity index is 1.81. The number of sulfonamides is 1. The van der Waals surface area contributed by atoms with Gasteiger partial charge in [0.1, 0.15) is 5.75 Å². The smallest absolute Gasteiger partial charge is 0.251 e. The summed E-state index contributed by atoms with van der Waals surface area (Å²) in [6.45, 7) is 4.17. The van der Waals surface area contributed by atoms with Crippen molar-refractivity contribution in [1.29, 1.82) is 0 Å². The van der Waals surface area contributed by atoms with Crippen LogP contribution in [0.1, 0.15) is 27.1 Å². The fourth-order valence-electron chi connectivity index (χ4n) is 2.40. The zero-order valence-corrected chi connectivity index (χ0v) is 16.5. The number of phenols is 1. The van der Waals surface area contributed by atoms with Gasteiger partial charge in [-0.15, -0.1) is 6.58 Å². The average molecular weight is 417 g/mol. The van der Waals surface area contributed by atoms with Crippen LogP contribution in [0.25, 0.3) is 0 Å². The lowest BCUT2D eigenvalue weighted by Gasteiger charge is -2.09. The lowest BCUT2D eigenvalue weighted by atomic mass is 10.2. The molecule has 2 aromatic carbocycles. The van der Waals surface area contributed by atoms with Gasteiger partial charge in [0, 0.05) is 30.8 Å². The molecule has 0 aliphatic carbocycles. The van der Waals surface area contributed by atoms with Crippen molar-refractivity contribution in [3.8, 4) is 5.75 Å². The Labute approximate surface area is 169 Å². The van der Waals surface area contributed by atoms with E-state index in [2.05, 4.69) is 21.9 Å². The molecule has 0 spiro atoms. The van der Waals surface area contributed by atoms with Gasteiger partial charge in [-0.2, -0.15) is 0 Å². The van der Waals surface area contributed by atoms with Gasteiger partial charge in [0.15, 0.2) is 0 Å². The predicted octanol–water partition coefficient (Wildman–Crippen LogP) is 1.41. The number of hydrogen-bond acceptors (Lipinski definition) is 5. The molecule has 0 heterocycles. The molecule has 0 aliphatic rings. The second-order valence-electron chi connectivity index (χ2n) is 6.08. The summed E-state index contributed by atoms with van der Waals surface area (Å²) in [5, 5.41) is 14.8. The van der Waals surface area contributed by atoms with E-state index in [0.717, 1.165) is 0 Å². The van der Waals surface area contributed by atoms with E-state index in [1.165, 1.54) is 42.5 Å². The fraction of sp³-hybridized carbons (Fsp3) is 0.200. The molecular weight excluding hydrogens is 394 g/mol. The Morgan fingerprint density at radius 3 is 2.14 bits per heavy atom. The van der Waals surface area contributed by atoms with Gasteiger partial charge in [-0.1, -0.05) is 18.2 Å². The first-order chi connectivity index (χ1) is 13.8. The van der Waals surface area contributed by atoms with E-state index < -0.39 is 15.9 Å². The van der Waals surface area contributed by atoms with Crippen molar-refractivity contribution in [3.63, 3.8) is 0 Å². The minimum atomic E-state index is -3.71. The van der Waals surface area contributed by atoms with Crippen molar-refractivity contribution in [1.82, 2.24) is 15.4 Å².